The van der Waals surface area contributed by atoms with E-state index in [1.54, 1.807) is 0 Å². The highest BCUT2D eigenvalue weighted by molar-refractivity contribution is 6.65. The van der Waals surface area contributed by atoms with Crippen molar-refractivity contribution >= 4 is 29.3 Å². The molecule has 1 fully saturated rings. The van der Waals surface area contributed by atoms with Gasteiger partial charge >= 0.3 is 7.12 Å². The zero-order chi connectivity index (χ0) is 32.5. The van der Waals surface area contributed by atoms with Gasteiger partial charge in [-0.3, -0.25) is 4.57 Å². The number of hydrogen-bond acceptors (Lipinski definition) is 4. The summed E-state index contributed by atoms with van der Waals surface area (Å²) in [5, 5.41) is 12.1. The molecule has 1 N–H and O–H groups in total. The van der Waals surface area contributed by atoms with Crippen molar-refractivity contribution in [3.8, 4) is 17.1 Å². The van der Waals surface area contributed by atoms with Gasteiger partial charge in [-0.15, -0.1) is 0 Å². The minimum absolute atomic E-state index is 0.122. The molecule has 6 rings (SSSR count). The van der Waals surface area contributed by atoms with Crippen molar-refractivity contribution in [3.05, 3.63) is 83.0 Å². The Labute approximate surface area is 269 Å². The summed E-state index contributed by atoms with van der Waals surface area (Å²) in [7, 11) is -0.557. The molecule has 0 bridgehead atoms. The van der Waals surface area contributed by atoms with Crippen molar-refractivity contribution in [1.82, 2.24) is 9.55 Å². The second kappa shape index (κ2) is 10.9. The van der Waals surface area contributed by atoms with Gasteiger partial charge in [0.25, 0.3) is 0 Å². The second-order valence-corrected chi connectivity index (χ2v) is 15.9. The van der Waals surface area contributed by atoms with E-state index in [4.69, 9.17) is 14.3 Å². The van der Waals surface area contributed by atoms with Gasteiger partial charge in [-0.1, -0.05) is 90.1 Å². The molecule has 236 valence electrons. The lowest BCUT2D eigenvalue weighted by Crippen LogP contribution is -2.41. The van der Waals surface area contributed by atoms with Crippen molar-refractivity contribution in [2.45, 2.75) is 117 Å². The molecule has 1 aliphatic heterocycles. The van der Waals surface area contributed by atoms with E-state index in [1.807, 2.05) is 0 Å². The standard InChI is InChI=1S/C39H49BN2O3/c1-36(2,3)26-23-28(34(43)29(24-26)37(4,5)6)35-41-33-30(40-44-38(7,8)39(9,10)45-40)20-16-22-32(33)42(35)31-21-15-14-19-27(31)25-17-12-11-13-18-25/h12,14,16-20,22-24,43H,11,13,15,21H2,1-10H3. The van der Waals surface area contributed by atoms with Crippen LogP contribution in [0.2, 0.25) is 0 Å². The van der Waals surface area contributed by atoms with Crippen molar-refractivity contribution in [2.24, 2.45) is 0 Å². The topological polar surface area (TPSA) is 56.5 Å². The summed E-state index contributed by atoms with van der Waals surface area (Å²) in [5.41, 5.74) is 7.86. The van der Waals surface area contributed by atoms with Gasteiger partial charge in [-0.05, 0) is 87.5 Å². The quantitative estimate of drug-likeness (QED) is 0.302. The van der Waals surface area contributed by atoms with Crippen LogP contribution in [0.25, 0.3) is 28.1 Å². The van der Waals surface area contributed by atoms with Gasteiger partial charge in [0.05, 0.1) is 27.8 Å². The highest BCUT2D eigenvalue weighted by atomic mass is 16.7. The van der Waals surface area contributed by atoms with Crippen LogP contribution in [0, 0.1) is 0 Å². The van der Waals surface area contributed by atoms with Gasteiger partial charge in [0.15, 0.2) is 0 Å². The third kappa shape index (κ3) is 5.55. The van der Waals surface area contributed by atoms with Crippen LogP contribution >= 0.6 is 0 Å². The van der Waals surface area contributed by atoms with Crippen molar-refractivity contribution in [2.75, 3.05) is 0 Å². The Morgan fingerprint density at radius 3 is 2.18 bits per heavy atom. The fourth-order valence-electron chi connectivity index (χ4n) is 6.51. The highest BCUT2D eigenvalue weighted by Crippen LogP contribution is 2.45. The molecule has 2 aromatic carbocycles. The zero-order valence-electron chi connectivity index (χ0n) is 28.8. The van der Waals surface area contributed by atoms with Gasteiger partial charge in [-0.25, -0.2) is 4.98 Å². The lowest BCUT2D eigenvalue weighted by Gasteiger charge is -2.32. The SMILES string of the molecule is CC(C)(C)c1cc(-c2nc3c(B4OC(C)(C)C(C)(C)O4)cccc3n2C2=C(C3=CCCC=C3)C=CCC2)c(O)c(C(C)(C)C)c1. The van der Waals surface area contributed by atoms with Crippen LogP contribution in [0.5, 0.6) is 5.75 Å². The summed E-state index contributed by atoms with van der Waals surface area (Å²) in [6, 6.07) is 10.6. The predicted molar refractivity (Wildman–Crippen MR) is 188 cm³/mol. The molecule has 2 aliphatic carbocycles. The summed E-state index contributed by atoms with van der Waals surface area (Å²) in [4.78, 5) is 5.43. The molecule has 0 atom stereocenters. The van der Waals surface area contributed by atoms with Crippen molar-refractivity contribution in [1.29, 1.82) is 0 Å². The monoisotopic (exact) mass is 604 g/mol. The van der Waals surface area contributed by atoms with Crippen LogP contribution in [0.3, 0.4) is 0 Å². The van der Waals surface area contributed by atoms with E-state index in [2.05, 4.69) is 135 Å². The smallest absolute Gasteiger partial charge is 0.497 e. The van der Waals surface area contributed by atoms with Gasteiger partial charge < -0.3 is 14.4 Å². The van der Waals surface area contributed by atoms with Gasteiger partial charge in [0.2, 0.25) is 0 Å². The normalized spacial score (nSPS) is 20.0. The molecular weight excluding hydrogens is 555 g/mol. The molecule has 3 aromatic rings. The van der Waals surface area contributed by atoms with Gasteiger partial charge in [0, 0.05) is 22.3 Å². The number of hydrogen-bond donors (Lipinski definition) is 1. The highest BCUT2D eigenvalue weighted by Gasteiger charge is 2.52. The molecule has 0 spiro atoms. The number of benzene rings is 2. The fourth-order valence-corrected chi connectivity index (χ4v) is 6.51. The van der Waals surface area contributed by atoms with Crippen LogP contribution in [-0.2, 0) is 20.1 Å². The molecule has 0 radical (unpaired) electrons. The van der Waals surface area contributed by atoms with E-state index in [1.165, 1.54) is 22.4 Å². The third-order valence-corrected chi connectivity index (χ3v) is 9.97. The summed E-state index contributed by atoms with van der Waals surface area (Å²) >= 11 is 0. The number of imidazole rings is 1. The number of fused-ring (bicyclic) bond motifs is 1. The van der Waals surface area contributed by atoms with E-state index >= 15 is 0 Å². The Bertz CT molecular complexity index is 1770. The molecule has 6 heteroatoms. The molecule has 2 heterocycles. The second-order valence-electron chi connectivity index (χ2n) is 15.9. The molecule has 0 unspecified atom stereocenters. The number of aromatic nitrogens is 2. The van der Waals surface area contributed by atoms with E-state index in [9.17, 15) is 5.11 Å². The van der Waals surface area contributed by atoms with Crippen molar-refractivity contribution < 1.29 is 14.4 Å². The van der Waals surface area contributed by atoms with Crippen LogP contribution in [0.15, 0.2) is 71.9 Å². The number of nitrogens with zero attached hydrogens (tertiary/aromatic N) is 2. The molecule has 3 aliphatic rings. The van der Waals surface area contributed by atoms with E-state index in [0.29, 0.717) is 0 Å². The lowest BCUT2D eigenvalue weighted by molar-refractivity contribution is 0.00578. The zero-order valence-corrected chi connectivity index (χ0v) is 28.8. The maximum atomic E-state index is 12.1. The number of phenols is 1. The Balaban J connectivity index is 1.70. The minimum Gasteiger partial charge on any atom is -0.507 e. The molecular formula is C39H49BN2O3. The number of rotatable bonds is 4. The Morgan fingerprint density at radius 2 is 1.56 bits per heavy atom. The fraction of sp³-hybridized carbons (Fsp3) is 0.462. The van der Waals surface area contributed by atoms with Crippen LogP contribution in [-0.4, -0.2) is 33.0 Å². The lowest BCUT2D eigenvalue weighted by atomic mass is 9.78. The molecule has 45 heavy (non-hydrogen) atoms. The molecule has 1 saturated heterocycles. The van der Waals surface area contributed by atoms with E-state index in [0.717, 1.165) is 59.1 Å². The van der Waals surface area contributed by atoms with Crippen molar-refractivity contribution in [3.63, 3.8) is 0 Å². The number of allylic oxidation sites excluding steroid dienone is 8. The molecule has 0 saturated carbocycles. The maximum Gasteiger partial charge on any atom is 0.497 e. The third-order valence-electron chi connectivity index (χ3n) is 9.97. The maximum absolute atomic E-state index is 12.1. The number of aromatic hydroxyl groups is 1. The van der Waals surface area contributed by atoms with E-state index < -0.39 is 18.3 Å². The predicted octanol–water partition coefficient (Wildman–Crippen LogP) is 9.14. The van der Waals surface area contributed by atoms with Crippen LogP contribution in [0.4, 0.5) is 0 Å². The average Bonchev–Trinajstić information content (AvgIpc) is 3.45. The molecule has 5 nitrogen and oxygen atoms in total. The first-order valence-electron chi connectivity index (χ1n) is 16.5. The summed E-state index contributed by atoms with van der Waals surface area (Å²) in [6.07, 6.45) is 15.3. The summed E-state index contributed by atoms with van der Waals surface area (Å²) in [5.74, 6) is 1.03. The van der Waals surface area contributed by atoms with Crippen LogP contribution < -0.4 is 5.46 Å². The Hall–Kier alpha value is -3.35. The van der Waals surface area contributed by atoms with Gasteiger partial charge in [0.1, 0.15) is 11.6 Å². The molecule has 0 amide bonds. The van der Waals surface area contributed by atoms with E-state index in [-0.39, 0.29) is 16.6 Å². The number of phenolic OH excluding ortho intramolecular Hbond substituents is 1. The largest absolute Gasteiger partial charge is 0.507 e. The number of para-hydroxylation sites is 1. The Morgan fingerprint density at radius 1 is 0.867 bits per heavy atom. The average molecular weight is 605 g/mol. The first-order chi connectivity index (χ1) is 21.0. The Kier molecular flexibility index (Phi) is 7.65. The van der Waals surface area contributed by atoms with Gasteiger partial charge in [-0.2, -0.15) is 0 Å². The molecule has 1 aromatic heterocycles. The first-order valence-corrected chi connectivity index (χ1v) is 16.5. The first kappa shape index (κ1) is 31.6. The minimum atomic E-state index is -0.557. The summed E-state index contributed by atoms with van der Waals surface area (Å²) < 4.78 is 15.4. The van der Waals surface area contributed by atoms with Crippen LogP contribution in [0.1, 0.15) is 106 Å². The summed E-state index contributed by atoms with van der Waals surface area (Å²) in [6.45, 7) is 21.5.